The Hall–Kier alpha value is -1.90. The molecule has 2 aromatic rings. The number of ether oxygens (including phenoxy) is 1. The topological polar surface area (TPSA) is 84.7 Å². The number of likely N-dealkylation sites (tertiary alicyclic amines) is 1. The van der Waals surface area contributed by atoms with Crippen molar-refractivity contribution in [2.75, 3.05) is 26.7 Å². The fourth-order valence-corrected chi connectivity index (χ4v) is 4.82. The molecular weight excluding hydrogens is 354 g/mol. The van der Waals surface area contributed by atoms with E-state index in [-0.39, 0.29) is 10.9 Å². The molecule has 0 spiro atoms. The van der Waals surface area contributed by atoms with Crippen LogP contribution in [0.5, 0.6) is 5.75 Å². The summed E-state index contributed by atoms with van der Waals surface area (Å²) >= 11 is 0. The molecule has 1 aliphatic rings. The first-order valence-electron chi connectivity index (χ1n) is 8.87. The predicted octanol–water partition coefficient (Wildman–Crippen LogP) is 2.50. The molecule has 2 heterocycles. The fourth-order valence-electron chi connectivity index (χ4n) is 3.36. The van der Waals surface area contributed by atoms with E-state index in [1.165, 1.54) is 13.3 Å². The van der Waals surface area contributed by atoms with Crippen LogP contribution in [-0.4, -0.2) is 51.3 Å². The van der Waals surface area contributed by atoms with Crippen LogP contribution in [0, 0.1) is 0 Å². The molecule has 1 N–H and O–H groups in total. The number of rotatable bonds is 7. The van der Waals surface area contributed by atoms with Crippen LogP contribution in [0.25, 0.3) is 11.3 Å². The average Bonchev–Trinajstić information content (AvgIpc) is 3.16. The number of nitrogens with one attached hydrogen (secondary N) is 1. The molecule has 1 aliphatic heterocycles. The molecule has 7 nitrogen and oxygen atoms in total. The second-order valence-electron chi connectivity index (χ2n) is 6.50. The van der Waals surface area contributed by atoms with Crippen molar-refractivity contribution in [1.82, 2.24) is 14.8 Å². The van der Waals surface area contributed by atoms with Crippen molar-refractivity contribution in [3.63, 3.8) is 0 Å². The molecule has 1 atom stereocenters. The summed E-state index contributed by atoms with van der Waals surface area (Å²) in [5.74, 6) is 0.817. The highest BCUT2D eigenvalue weighted by Gasteiger charge is 2.27. The molecule has 0 bridgehead atoms. The molecule has 1 aromatic carbocycles. The van der Waals surface area contributed by atoms with Gasteiger partial charge in [0.1, 0.15) is 10.6 Å². The second-order valence-corrected chi connectivity index (χ2v) is 8.19. The lowest BCUT2D eigenvalue weighted by molar-refractivity contribution is 0.202. The van der Waals surface area contributed by atoms with Crippen LogP contribution in [-0.2, 0) is 10.0 Å². The van der Waals surface area contributed by atoms with Crippen molar-refractivity contribution < 1.29 is 17.7 Å². The Labute approximate surface area is 154 Å². The summed E-state index contributed by atoms with van der Waals surface area (Å²) in [5.41, 5.74) is 0.639. The number of aromatic nitrogens is 1. The van der Waals surface area contributed by atoms with Crippen LogP contribution in [0.3, 0.4) is 0 Å². The van der Waals surface area contributed by atoms with E-state index in [2.05, 4.69) is 21.7 Å². The van der Waals surface area contributed by atoms with Gasteiger partial charge < -0.3 is 14.2 Å². The van der Waals surface area contributed by atoms with E-state index in [0.29, 0.717) is 17.1 Å². The van der Waals surface area contributed by atoms with E-state index in [4.69, 9.17) is 9.26 Å². The zero-order valence-corrected chi connectivity index (χ0v) is 16.0. The Balaban J connectivity index is 1.85. The lowest BCUT2D eigenvalue weighted by atomic mass is 10.1. The number of nitrogens with zero attached hydrogens (tertiary/aromatic N) is 2. The third kappa shape index (κ3) is 4.25. The van der Waals surface area contributed by atoms with Gasteiger partial charge in [0.05, 0.1) is 13.3 Å². The van der Waals surface area contributed by atoms with Gasteiger partial charge in [-0.2, -0.15) is 0 Å². The molecule has 0 radical (unpaired) electrons. The Kier molecular flexibility index (Phi) is 5.95. The number of benzene rings is 1. The number of hydrogen-bond donors (Lipinski definition) is 1. The van der Waals surface area contributed by atoms with Crippen molar-refractivity contribution in [3.05, 3.63) is 30.5 Å². The minimum Gasteiger partial charge on any atom is -0.495 e. The molecule has 1 saturated heterocycles. The van der Waals surface area contributed by atoms with Gasteiger partial charge in [-0.15, -0.1) is 0 Å². The molecule has 3 rings (SSSR count). The minimum absolute atomic E-state index is 0.0982. The molecule has 142 valence electrons. The number of methoxy groups -OCH3 is 1. The Morgan fingerprint density at radius 1 is 1.38 bits per heavy atom. The zero-order valence-electron chi connectivity index (χ0n) is 15.1. The largest absolute Gasteiger partial charge is 0.495 e. The zero-order chi connectivity index (χ0) is 18.6. The molecule has 26 heavy (non-hydrogen) atoms. The summed E-state index contributed by atoms with van der Waals surface area (Å²) in [4.78, 5) is 2.42. The Morgan fingerprint density at radius 2 is 2.23 bits per heavy atom. The molecule has 0 aliphatic carbocycles. The number of sulfonamides is 1. The smallest absolute Gasteiger partial charge is 0.244 e. The van der Waals surface area contributed by atoms with E-state index in [9.17, 15) is 8.42 Å². The number of piperidine rings is 1. The van der Waals surface area contributed by atoms with Crippen LogP contribution in [0.15, 0.2) is 39.9 Å². The van der Waals surface area contributed by atoms with Gasteiger partial charge in [-0.1, -0.05) is 12.1 Å². The fraction of sp³-hybridized carbons (Fsp3) is 0.500. The average molecular weight is 379 g/mol. The van der Waals surface area contributed by atoms with Crippen LogP contribution in [0.4, 0.5) is 0 Å². The minimum atomic E-state index is -3.72. The summed E-state index contributed by atoms with van der Waals surface area (Å²) in [7, 11) is -2.25. The maximum atomic E-state index is 13.0. The van der Waals surface area contributed by atoms with Gasteiger partial charge >= 0.3 is 0 Å². The highest BCUT2D eigenvalue weighted by atomic mass is 32.2. The van der Waals surface area contributed by atoms with Gasteiger partial charge in [-0.3, -0.25) is 0 Å². The molecule has 0 saturated carbocycles. The van der Waals surface area contributed by atoms with Gasteiger partial charge in [0, 0.05) is 24.2 Å². The van der Waals surface area contributed by atoms with E-state index in [1.54, 1.807) is 24.3 Å². The van der Waals surface area contributed by atoms with Gasteiger partial charge in [0.25, 0.3) is 0 Å². The third-order valence-corrected chi connectivity index (χ3v) is 6.08. The van der Waals surface area contributed by atoms with Gasteiger partial charge in [0.15, 0.2) is 5.76 Å². The monoisotopic (exact) mass is 379 g/mol. The SMILES string of the molecule is CCCN1CCCC(NS(=O)(=O)c2cc(-c3ccno3)ccc2OC)C1. The molecule has 0 amide bonds. The van der Waals surface area contributed by atoms with E-state index in [0.717, 1.165) is 38.9 Å². The van der Waals surface area contributed by atoms with E-state index >= 15 is 0 Å². The quantitative estimate of drug-likeness (QED) is 0.796. The maximum Gasteiger partial charge on any atom is 0.244 e. The van der Waals surface area contributed by atoms with Crippen LogP contribution >= 0.6 is 0 Å². The maximum absolute atomic E-state index is 13.0. The summed E-state index contributed by atoms with van der Waals surface area (Å²) in [6.07, 6.45) is 4.41. The normalized spacial score (nSPS) is 18.8. The summed E-state index contributed by atoms with van der Waals surface area (Å²) in [6.45, 7) is 4.88. The first-order valence-corrected chi connectivity index (χ1v) is 10.4. The van der Waals surface area contributed by atoms with Crippen LogP contribution in [0.1, 0.15) is 26.2 Å². The highest BCUT2D eigenvalue weighted by molar-refractivity contribution is 7.89. The Bertz CT molecular complexity index is 819. The lowest BCUT2D eigenvalue weighted by Gasteiger charge is -2.32. The van der Waals surface area contributed by atoms with Crippen molar-refractivity contribution in [2.45, 2.75) is 37.1 Å². The summed E-state index contributed by atoms with van der Waals surface area (Å²) < 4.78 is 39.3. The van der Waals surface area contributed by atoms with Crippen LogP contribution < -0.4 is 9.46 Å². The molecule has 1 unspecified atom stereocenters. The third-order valence-electron chi connectivity index (χ3n) is 4.54. The van der Waals surface area contributed by atoms with Crippen molar-refractivity contribution in [2.24, 2.45) is 0 Å². The van der Waals surface area contributed by atoms with E-state index in [1.807, 2.05) is 0 Å². The molecule has 1 aromatic heterocycles. The first-order chi connectivity index (χ1) is 12.5. The lowest BCUT2D eigenvalue weighted by Crippen LogP contribution is -2.47. The predicted molar refractivity (Wildman–Crippen MR) is 98.6 cm³/mol. The summed E-state index contributed by atoms with van der Waals surface area (Å²) in [5, 5.41) is 3.68. The van der Waals surface area contributed by atoms with Gasteiger partial charge in [-0.25, -0.2) is 13.1 Å². The van der Waals surface area contributed by atoms with Crippen LogP contribution in [0.2, 0.25) is 0 Å². The number of hydrogen-bond acceptors (Lipinski definition) is 6. The van der Waals surface area contributed by atoms with Crippen molar-refractivity contribution >= 4 is 10.0 Å². The summed E-state index contributed by atoms with van der Waals surface area (Å²) in [6, 6.07) is 6.54. The molecule has 8 heteroatoms. The second kappa shape index (κ2) is 8.20. The molecule has 1 fully saturated rings. The van der Waals surface area contributed by atoms with Crippen molar-refractivity contribution in [1.29, 1.82) is 0 Å². The molecular formula is C18H25N3O4S. The van der Waals surface area contributed by atoms with Crippen molar-refractivity contribution in [3.8, 4) is 17.1 Å². The van der Waals surface area contributed by atoms with Gasteiger partial charge in [-0.05, 0) is 50.6 Å². The first kappa shape index (κ1) is 18.9. The highest BCUT2D eigenvalue weighted by Crippen LogP contribution is 2.30. The Morgan fingerprint density at radius 3 is 2.92 bits per heavy atom. The standard InChI is InChI=1S/C18H25N3O4S/c1-3-10-21-11-4-5-15(13-21)20-26(22,23)18-12-14(6-7-17(18)24-2)16-8-9-19-25-16/h6-9,12,15,20H,3-5,10-11,13H2,1-2H3. The van der Waals surface area contributed by atoms with Gasteiger partial charge in [0.2, 0.25) is 10.0 Å². The van der Waals surface area contributed by atoms with E-state index < -0.39 is 10.0 Å².